The summed E-state index contributed by atoms with van der Waals surface area (Å²) in [4.78, 5) is 25.5. The van der Waals surface area contributed by atoms with Crippen LogP contribution in [0, 0.1) is 5.92 Å². The molecule has 0 aliphatic carbocycles. The molecule has 106 valence electrons. The van der Waals surface area contributed by atoms with Crippen molar-refractivity contribution in [2.24, 2.45) is 5.92 Å². The Morgan fingerprint density at radius 3 is 2.68 bits per heavy atom. The summed E-state index contributed by atoms with van der Waals surface area (Å²) in [6.07, 6.45) is 5.96. The first-order valence-electron chi connectivity index (χ1n) is 7.51. The first kappa shape index (κ1) is 12.9. The summed E-state index contributed by atoms with van der Waals surface area (Å²) in [6, 6.07) is 1.29. The number of nitrogens with one attached hydrogen (secondary N) is 2. The highest BCUT2D eigenvalue weighted by Gasteiger charge is 2.34. The van der Waals surface area contributed by atoms with Gasteiger partial charge >= 0.3 is 0 Å². The predicted molar refractivity (Wildman–Crippen MR) is 71.5 cm³/mol. The molecule has 0 spiro atoms. The molecule has 2 atom stereocenters. The Kier molecular flexibility index (Phi) is 3.73. The zero-order chi connectivity index (χ0) is 13.2. The van der Waals surface area contributed by atoms with Crippen molar-refractivity contribution in [3.63, 3.8) is 0 Å². The SMILES string of the molecule is O=C1CCN(C(=O)CC2CC3CCC(C2)N3)CCN1. The first-order chi connectivity index (χ1) is 9.20. The number of hydrogen-bond donors (Lipinski definition) is 2. The van der Waals surface area contributed by atoms with Crippen molar-refractivity contribution in [1.82, 2.24) is 15.5 Å². The average molecular weight is 265 g/mol. The Morgan fingerprint density at radius 1 is 1.21 bits per heavy atom. The van der Waals surface area contributed by atoms with Gasteiger partial charge in [-0.25, -0.2) is 0 Å². The largest absolute Gasteiger partial charge is 0.354 e. The molecule has 0 aromatic rings. The van der Waals surface area contributed by atoms with Crippen molar-refractivity contribution in [2.75, 3.05) is 19.6 Å². The molecule has 3 heterocycles. The minimum absolute atomic E-state index is 0.0650. The van der Waals surface area contributed by atoms with Crippen LogP contribution >= 0.6 is 0 Å². The van der Waals surface area contributed by atoms with Gasteiger partial charge in [-0.3, -0.25) is 9.59 Å². The molecule has 0 saturated carbocycles. The smallest absolute Gasteiger partial charge is 0.222 e. The summed E-state index contributed by atoms with van der Waals surface area (Å²) in [5.74, 6) is 0.844. The molecule has 2 N–H and O–H groups in total. The van der Waals surface area contributed by atoms with Crippen LogP contribution in [-0.2, 0) is 9.59 Å². The molecular formula is C14H23N3O2. The lowest BCUT2D eigenvalue weighted by Crippen LogP contribution is -2.41. The topological polar surface area (TPSA) is 61.4 Å². The maximum Gasteiger partial charge on any atom is 0.222 e. The van der Waals surface area contributed by atoms with Crippen molar-refractivity contribution in [2.45, 2.75) is 50.6 Å². The average Bonchev–Trinajstić information content (AvgIpc) is 2.60. The molecule has 2 bridgehead atoms. The van der Waals surface area contributed by atoms with Crippen LogP contribution in [0.25, 0.3) is 0 Å². The molecule has 0 radical (unpaired) electrons. The predicted octanol–water partition coefficient (Wildman–Crippen LogP) is 0.256. The van der Waals surface area contributed by atoms with Gasteiger partial charge in [0.1, 0.15) is 0 Å². The highest BCUT2D eigenvalue weighted by molar-refractivity contribution is 5.80. The lowest BCUT2D eigenvalue weighted by Gasteiger charge is -2.30. The minimum Gasteiger partial charge on any atom is -0.354 e. The second-order valence-electron chi connectivity index (χ2n) is 6.16. The summed E-state index contributed by atoms with van der Waals surface area (Å²) < 4.78 is 0. The van der Waals surface area contributed by atoms with Gasteiger partial charge in [-0.15, -0.1) is 0 Å². The summed E-state index contributed by atoms with van der Waals surface area (Å²) >= 11 is 0. The normalized spacial score (nSPS) is 34.8. The molecular weight excluding hydrogens is 242 g/mol. The van der Waals surface area contributed by atoms with Crippen LogP contribution in [0.4, 0.5) is 0 Å². The Balaban J connectivity index is 1.51. The van der Waals surface area contributed by atoms with Gasteiger partial charge in [0, 0.05) is 44.6 Å². The van der Waals surface area contributed by atoms with Crippen LogP contribution in [0.5, 0.6) is 0 Å². The third kappa shape index (κ3) is 3.08. The van der Waals surface area contributed by atoms with E-state index in [0.29, 0.717) is 50.5 Å². The van der Waals surface area contributed by atoms with Gasteiger partial charge in [-0.05, 0) is 31.6 Å². The molecule has 3 rings (SSSR count). The maximum atomic E-state index is 12.3. The zero-order valence-electron chi connectivity index (χ0n) is 11.4. The van der Waals surface area contributed by atoms with Crippen LogP contribution in [-0.4, -0.2) is 48.4 Å². The highest BCUT2D eigenvalue weighted by Crippen LogP contribution is 2.32. The van der Waals surface area contributed by atoms with E-state index in [1.54, 1.807) is 0 Å². The van der Waals surface area contributed by atoms with E-state index in [1.165, 1.54) is 12.8 Å². The van der Waals surface area contributed by atoms with E-state index in [4.69, 9.17) is 0 Å². The van der Waals surface area contributed by atoms with E-state index in [2.05, 4.69) is 10.6 Å². The van der Waals surface area contributed by atoms with Crippen molar-refractivity contribution >= 4 is 11.8 Å². The molecule has 5 heteroatoms. The minimum atomic E-state index is 0.0650. The second kappa shape index (κ2) is 5.49. The monoisotopic (exact) mass is 265 g/mol. The molecule has 19 heavy (non-hydrogen) atoms. The zero-order valence-corrected chi connectivity index (χ0v) is 11.4. The van der Waals surface area contributed by atoms with Gasteiger partial charge in [0.15, 0.2) is 0 Å². The maximum absolute atomic E-state index is 12.3. The van der Waals surface area contributed by atoms with Gasteiger partial charge in [-0.2, -0.15) is 0 Å². The Bertz CT molecular complexity index is 360. The van der Waals surface area contributed by atoms with Crippen molar-refractivity contribution in [1.29, 1.82) is 0 Å². The summed E-state index contributed by atoms with van der Waals surface area (Å²) in [6.45, 7) is 1.85. The van der Waals surface area contributed by atoms with E-state index in [9.17, 15) is 9.59 Å². The number of amides is 2. The molecule has 3 aliphatic heterocycles. The lowest BCUT2D eigenvalue weighted by molar-refractivity contribution is -0.132. The fraction of sp³-hybridized carbons (Fsp3) is 0.857. The van der Waals surface area contributed by atoms with E-state index < -0.39 is 0 Å². The number of hydrogen-bond acceptors (Lipinski definition) is 3. The Hall–Kier alpha value is -1.10. The van der Waals surface area contributed by atoms with Gasteiger partial charge in [0.05, 0.1) is 0 Å². The van der Waals surface area contributed by atoms with Gasteiger partial charge in [0.25, 0.3) is 0 Å². The van der Waals surface area contributed by atoms with Crippen molar-refractivity contribution in [3.8, 4) is 0 Å². The second-order valence-corrected chi connectivity index (χ2v) is 6.16. The molecule has 2 amide bonds. The summed E-state index contributed by atoms with van der Waals surface area (Å²) in [5.41, 5.74) is 0. The van der Waals surface area contributed by atoms with Crippen LogP contribution in [0.15, 0.2) is 0 Å². The molecule has 2 unspecified atom stereocenters. The van der Waals surface area contributed by atoms with Crippen molar-refractivity contribution < 1.29 is 9.59 Å². The molecule has 0 aromatic carbocycles. The Morgan fingerprint density at radius 2 is 1.95 bits per heavy atom. The molecule has 3 saturated heterocycles. The van der Waals surface area contributed by atoms with Gasteiger partial charge < -0.3 is 15.5 Å². The van der Waals surface area contributed by atoms with E-state index in [-0.39, 0.29) is 11.8 Å². The van der Waals surface area contributed by atoms with E-state index in [1.807, 2.05) is 4.90 Å². The summed E-state index contributed by atoms with van der Waals surface area (Å²) in [5, 5.41) is 6.42. The van der Waals surface area contributed by atoms with Crippen LogP contribution in [0.3, 0.4) is 0 Å². The number of nitrogens with zero attached hydrogens (tertiary/aromatic N) is 1. The third-order valence-corrected chi connectivity index (χ3v) is 4.70. The molecule has 3 fully saturated rings. The van der Waals surface area contributed by atoms with Crippen LogP contribution in [0.2, 0.25) is 0 Å². The third-order valence-electron chi connectivity index (χ3n) is 4.70. The van der Waals surface area contributed by atoms with Gasteiger partial charge in [-0.1, -0.05) is 0 Å². The van der Waals surface area contributed by atoms with Gasteiger partial charge in [0.2, 0.25) is 11.8 Å². The quantitative estimate of drug-likeness (QED) is 0.752. The Labute approximate surface area is 114 Å². The fourth-order valence-electron chi connectivity index (χ4n) is 3.73. The van der Waals surface area contributed by atoms with Crippen LogP contribution in [0.1, 0.15) is 38.5 Å². The fourth-order valence-corrected chi connectivity index (χ4v) is 3.73. The number of fused-ring (bicyclic) bond motifs is 2. The lowest BCUT2D eigenvalue weighted by atomic mass is 9.89. The van der Waals surface area contributed by atoms with Crippen LogP contribution < -0.4 is 10.6 Å². The van der Waals surface area contributed by atoms with E-state index >= 15 is 0 Å². The first-order valence-corrected chi connectivity index (χ1v) is 7.51. The number of carbonyl (C=O) groups is 2. The molecule has 3 aliphatic rings. The molecule has 5 nitrogen and oxygen atoms in total. The highest BCUT2D eigenvalue weighted by atomic mass is 16.2. The number of piperidine rings is 1. The van der Waals surface area contributed by atoms with E-state index in [0.717, 1.165) is 12.8 Å². The van der Waals surface area contributed by atoms with Crippen molar-refractivity contribution in [3.05, 3.63) is 0 Å². The molecule has 0 aromatic heterocycles. The summed E-state index contributed by atoms with van der Waals surface area (Å²) in [7, 11) is 0. The number of rotatable bonds is 2. The number of carbonyl (C=O) groups excluding carboxylic acids is 2. The standard InChI is InChI=1S/C14H23N3O2/c18-13-3-5-17(6-4-15-13)14(19)9-10-7-11-1-2-12(8-10)16-11/h10-12,16H,1-9H2,(H,15,18).